The summed E-state index contributed by atoms with van der Waals surface area (Å²) in [5, 5.41) is 6.92. The molecular formula is C14H22N4O2. The van der Waals surface area contributed by atoms with Gasteiger partial charge in [0.2, 0.25) is 11.8 Å². The number of carbonyl (C=O) groups is 2. The fourth-order valence-corrected chi connectivity index (χ4v) is 2.60. The number of rotatable bonds is 4. The van der Waals surface area contributed by atoms with E-state index in [0.717, 1.165) is 12.1 Å². The molecule has 6 nitrogen and oxygen atoms in total. The van der Waals surface area contributed by atoms with Crippen molar-refractivity contribution in [2.45, 2.75) is 45.2 Å². The van der Waals surface area contributed by atoms with E-state index in [-0.39, 0.29) is 23.9 Å². The summed E-state index contributed by atoms with van der Waals surface area (Å²) in [6.45, 7) is 4.46. The summed E-state index contributed by atoms with van der Waals surface area (Å²) in [6.07, 6.45) is 3.49. The first-order valence-corrected chi connectivity index (χ1v) is 7.09. The lowest BCUT2D eigenvalue weighted by molar-refractivity contribution is -0.134. The minimum Gasteiger partial charge on any atom is -0.344 e. The second kappa shape index (κ2) is 6.07. The van der Waals surface area contributed by atoms with Crippen molar-refractivity contribution in [3.63, 3.8) is 0 Å². The van der Waals surface area contributed by atoms with Gasteiger partial charge in [-0.3, -0.25) is 14.3 Å². The smallest absolute Gasteiger partial charge is 0.245 e. The molecule has 0 saturated carbocycles. The Morgan fingerprint density at radius 2 is 2.20 bits per heavy atom. The van der Waals surface area contributed by atoms with Gasteiger partial charge in [0.25, 0.3) is 0 Å². The van der Waals surface area contributed by atoms with Gasteiger partial charge in [-0.2, -0.15) is 5.10 Å². The van der Waals surface area contributed by atoms with E-state index >= 15 is 0 Å². The summed E-state index contributed by atoms with van der Waals surface area (Å²) in [4.78, 5) is 26.0. The Morgan fingerprint density at radius 1 is 1.45 bits per heavy atom. The van der Waals surface area contributed by atoms with Gasteiger partial charge in [0.1, 0.15) is 6.04 Å². The summed E-state index contributed by atoms with van der Waals surface area (Å²) in [7, 11) is 1.89. The van der Waals surface area contributed by atoms with Gasteiger partial charge in [-0.05, 0) is 19.4 Å². The zero-order valence-corrected chi connectivity index (χ0v) is 12.3. The first-order valence-electron chi connectivity index (χ1n) is 7.09. The molecule has 0 aromatic carbocycles. The minimum absolute atomic E-state index is 0.0213. The van der Waals surface area contributed by atoms with E-state index in [2.05, 4.69) is 10.4 Å². The molecule has 2 heterocycles. The molecule has 110 valence electrons. The SMILES string of the molecule is CCC1NC(=O)CC(C)N(CCc2ccnn2C)C1=O. The molecule has 1 aromatic heterocycles. The van der Waals surface area contributed by atoms with Gasteiger partial charge >= 0.3 is 0 Å². The highest BCUT2D eigenvalue weighted by Crippen LogP contribution is 2.14. The predicted molar refractivity (Wildman–Crippen MR) is 74.9 cm³/mol. The highest BCUT2D eigenvalue weighted by Gasteiger charge is 2.32. The van der Waals surface area contributed by atoms with Gasteiger partial charge < -0.3 is 10.2 Å². The topological polar surface area (TPSA) is 67.2 Å². The molecule has 2 amide bonds. The second-order valence-corrected chi connectivity index (χ2v) is 5.31. The van der Waals surface area contributed by atoms with Crippen LogP contribution in [0.2, 0.25) is 0 Å². The molecule has 0 spiro atoms. The first-order chi connectivity index (χ1) is 9.52. The molecule has 0 radical (unpaired) electrons. The lowest BCUT2D eigenvalue weighted by Gasteiger charge is -2.28. The molecule has 1 aromatic rings. The molecule has 0 aliphatic carbocycles. The van der Waals surface area contributed by atoms with Crippen molar-refractivity contribution in [2.24, 2.45) is 7.05 Å². The first kappa shape index (κ1) is 14.6. The number of amides is 2. The zero-order chi connectivity index (χ0) is 14.7. The van der Waals surface area contributed by atoms with Gasteiger partial charge in [-0.15, -0.1) is 0 Å². The van der Waals surface area contributed by atoms with Crippen LogP contribution in [0.3, 0.4) is 0 Å². The molecular weight excluding hydrogens is 256 g/mol. The molecule has 20 heavy (non-hydrogen) atoms. The minimum atomic E-state index is -0.390. The van der Waals surface area contributed by atoms with Crippen LogP contribution in [0.15, 0.2) is 12.3 Å². The molecule has 2 rings (SSSR count). The van der Waals surface area contributed by atoms with Crippen LogP contribution >= 0.6 is 0 Å². The maximum Gasteiger partial charge on any atom is 0.245 e. The number of carbonyl (C=O) groups excluding carboxylic acids is 2. The average Bonchev–Trinajstić information content (AvgIpc) is 2.77. The molecule has 1 aliphatic rings. The van der Waals surface area contributed by atoms with Crippen LogP contribution in [0.1, 0.15) is 32.4 Å². The third-order valence-electron chi connectivity index (χ3n) is 3.87. The Balaban J connectivity index is 2.08. The van der Waals surface area contributed by atoms with Crippen LogP contribution in [-0.4, -0.2) is 45.1 Å². The van der Waals surface area contributed by atoms with Crippen molar-refractivity contribution >= 4 is 11.8 Å². The molecule has 0 bridgehead atoms. The van der Waals surface area contributed by atoms with Crippen molar-refractivity contribution in [1.29, 1.82) is 0 Å². The molecule has 1 N–H and O–H groups in total. The lowest BCUT2D eigenvalue weighted by Crippen LogP contribution is -2.46. The summed E-state index contributed by atoms with van der Waals surface area (Å²) >= 11 is 0. The van der Waals surface area contributed by atoms with E-state index < -0.39 is 0 Å². The van der Waals surface area contributed by atoms with Gasteiger partial charge in [0, 0.05) is 44.4 Å². The van der Waals surface area contributed by atoms with Crippen LogP contribution in [0, 0.1) is 0 Å². The molecule has 1 fully saturated rings. The lowest BCUT2D eigenvalue weighted by atomic mass is 10.1. The van der Waals surface area contributed by atoms with E-state index in [1.807, 2.05) is 36.5 Å². The molecule has 1 saturated heterocycles. The summed E-state index contributed by atoms with van der Waals surface area (Å²) < 4.78 is 1.81. The summed E-state index contributed by atoms with van der Waals surface area (Å²) in [5.74, 6) is -0.0197. The monoisotopic (exact) mass is 278 g/mol. The Bertz CT molecular complexity index is 497. The van der Waals surface area contributed by atoms with Crippen molar-refractivity contribution in [3.05, 3.63) is 18.0 Å². The Morgan fingerprint density at radius 3 is 2.80 bits per heavy atom. The van der Waals surface area contributed by atoms with E-state index in [0.29, 0.717) is 19.4 Å². The van der Waals surface area contributed by atoms with Crippen molar-refractivity contribution in [1.82, 2.24) is 20.0 Å². The Labute approximate surface area is 119 Å². The van der Waals surface area contributed by atoms with Gasteiger partial charge in [-0.25, -0.2) is 0 Å². The van der Waals surface area contributed by atoms with Crippen LogP contribution < -0.4 is 5.32 Å². The molecule has 6 heteroatoms. The Kier molecular flexibility index (Phi) is 4.42. The van der Waals surface area contributed by atoms with Gasteiger partial charge in [0.15, 0.2) is 0 Å². The van der Waals surface area contributed by atoms with E-state index in [9.17, 15) is 9.59 Å². The number of hydrogen-bond acceptors (Lipinski definition) is 3. The van der Waals surface area contributed by atoms with Crippen molar-refractivity contribution < 1.29 is 9.59 Å². The van der Waals surface area contributed by atoms with E-state index in [1.54, 1.807) is 6.20 Å². The predicted octanol–water partition coefficient (Wildman–Crippen LogP) is 0.478. The normalized spacial score (nSPS) is 23.6. The standard InChI is InChI=1S/C14H22N4O2/c1-4-12-14(20)18(10(2)9-13(19)16-12)8-6-11-5-7-15-17(11)3/h5,7,10,12H,4,6,8-9H2,1-3H3,(H,16,19). The molecule has 1 aliphatic heterocycles. The van der Waals surface area contributed by atoms with Crippen LogP contribution in [0.4, 0.5) is 0 Å². The largest absolute Gasteiger partial charge is 0.344 e. The molecule has 2 atom stereocenters. The van der Waals surface area contributed by atoms with Crippen molar-refractivity contribution in [3.8, 4) is 0 Å². The fraction of sp³-hybridized carbons (Fsp3) is 0.643. The van der Waals surface area contributed by atoms with Crippen molar-refractivity contribution in [2.75, 3.05) is 6.54 Å². The highest BCUT2D eigenvalue weighted by atomic mass is 16.2. The Hall–Kier alpha value is -1.85. The maximum atomic E-state index is 12.5. The maximum absolute atomic E-state index is 12.5. The number of nitrogens with zero attached hydrogens (tertiary/aromatic N) is 3. The van der Waals surface area contributed by atoms with Crippen LogP contribution in [0.5, 0.6) is 0 Å². The van der Waals surface area contributed by atoms with Gasteiger partial charge in [0.05, 0.1) is 0 Å². The number of nitrogens with one attached hydrogen (secondary N) is 1. The van der Waals surface area contributed by atoms with E-state index in [4.69, 9.17) is 0 Å². The quantitative estimate of drug-likeness (QED) is 0.871. The second-order valence-electron chi connectivity index (χ2n) is 5.31. The third kappa shape index (κ3) is 3.00. The third-order valence-corrected chi connectivity index (χ3v) is 3.87. The summed E-state index contributed by atoms with van der Waals surface area (Å²) in [5.41, 5.74) is 1.08. The van der Waals surface area contributed by atoms with Crippen LogP contribution in [0.25, 0.3) is 0 Å². The number of hydrogen-bond donors (Lipinski definition) is 1. The van der Waals surface area contributed by atoms with Crippen LogP contribution in [-0.2, 0) is 23.1 Å². The van der Waals surface area contributed by atoms with Gasteiger partial charge in [-0.1, -0.05) is 6.92 Å². The highest BCUT2D eigenvalue weighted by molar-refractivity contribution is 5.90. The summed E-state index contributed by atoms with van der Waals surface area (Å²) in [6, 6.07) is 1.50. The fourth-order valence-electron chi connectivity index (χ4n) is 2.60. The number of aryl methyl sites for hydroxylation is 1. The average molecular weight is 278 g/mol. The van der Waals surface area contributed by atoms with E-state index in [1.165, 1.54) is 0 Å². The zero-order valence-electron chi connectivity index (χ0n) is 12.3. The number of aromatic nitrogens is 2. The molecule has 2 unspecified atom stereocenters.